The Bertz CT molecular complexity index is 1160. The van der Waals surface area contributed by atoms with Crippen LogP contribution in [0.3, 0.4) is 0 Å². The van der Waals surface area contributed by atoms with Gasteiger partial charge in [0, 0.05) is 30.2 Å². The first-order valence-corrected chi connectivity index (χ1v) is 13.9. The third-order valence-corrected chi connectivity index (χ3v) is 8.09. The van der Waals surface area contributed by atoms with Gasteiger partial charge in [-0.1, -0.05) is 23.8 Å². The number of β-amino-alcohol motifs (C(OH)–C–C–N with tert-alkyl or cyclic N) is 1. The quantitative estimate of drug-likeness (QED) is 0.274. The number of aliphatic hydroxyl groups excluding tert-OH is 1. The van der Waals surface area contributed by atoms with Crippen LogP contribution in [0.4, 0.5) is 5.69 Å². The monoisotopic (exact) mass is 573 g/mol. The highest BCUT2D eigenvalue weighted by Gasteiger charge is 2.75. The maximum atomic E-state index is 14.2. The van der Waals surface area contributed by atoms with Crippen molar-refractivity contribution in [3.63, 3.8) is 0 Å². The summed E-state index contributed by atoms with van der Waals surface area (Å²) in [6.07, 6.45) is 3.74. The van der Waals surface area contributed by atoms with Crippen molar-refractivity contribution >= 4 is 41.0 Å². The normalized spacial score (nSPS) is 27.2. The minimum atomic E-state index is -1.23. The minimum absolute atomic E-state index is 0.0844. The average molecular weight is 574 g/mol. The van der Waals surface area contributed by atoms with E-state index in [1.165, 1.54) is 9.80 Å². The number of aliphatic hydroxyl groups is 1. The number of carbonyl (C=O) groups is 4. The van der Waals surface area contributed by atoms with E-state index in [2.05, 4.69) is 18.5 Å². The predicted molar refractivity (Wildman–Crippen MR) is 148 cm³/mol. The molecule has 3 saturated heterocycles. The lowest BCUT2D eigenvalue weighted by molar-refractivity contribution is -0.159. The molecule has 40 heavy (non-hydrogen) atoms. The minimum Gasteiger partial charge on any atom is -0.460 e. The van der Waals surface area contributed by atoms with Crippen molar-refractivity contribution in [2.24, 2.45) is 11.8 Å². The molecule has 0 aliphatic carbocycles. The van der Waals surface area contributed by atoms with Gasteiger partial charge in [0.1, 0.15) is 17.7 Å². The number of carbonyl (C=O) groups excluding carboxylic acids is 4. The fourth-order valence-corrected chi connectivity index (χ4v) is 6.29. The number of allylic oxidation sites excluding steroid dienone is 1. The number of hydrogen-bond donors (Lipinski definition) is 2. The van der Waals surface area contributed by atoms with E-state index in [1.54, 1.807) is 43.3 Å². The average Bonchev–Trinajstić information content (AvgIpc) is 3.57. The van der Waals surface area contributed by atoms with Gasteiger partial charge in [0.15, 0.2) is 0 Å². The Kier molecular flexibility index (Phi) is 9.33. The SMILES string of the molecule is C=CCCC(=O)NC[C@@H](C)OC(=O)[C@@H]1[C@@H]2CC[C@]3(O2)[C@H](C(=O)N(CC=C)c2ccc(Cl)cc2)N(CCO)C(=O)[C@@H]13. The number of nitrogens with zero attached hydrogens (tertiary/aromatic N) is 2. The number of rotatable bonds is 13. The number of anilines is 1. The second kappa shape index (κ2) is 12.5. The molecule has 0 aromatic heterocycles. The molecule has 3 fully saturated rings. The zero-order chi connectivity index (χ0) is 29.0. The zero-order valence-electron chi connectivity index (χ0n) is 22.6. The third kappa shape index (κ3) is 5.53. The molecule has 3 aliphatic rings. The van der Waals surface area contributed by atoms with Crippen LogP contribution in [0.15, 0.2) is 49.6 Å². The number of halogens is 1. The number of esters is 1. The van der Waals surface area contributed by atoms with E-state index in [4.69, 9.17) is 21.1 Å². The number of nitrogens with one attached hydrogen (secondary N) is 1. The van der Waals surface area contributed by atoms with Crippen LogP contribution in [0.5, 0.6) is 0 Å². The number of hydrogen-bond acceptors (Lipinski definition) is 7. The van der Waals surface area contributed by atoms with Gasteiger partial charge in [0.2, 0.25) is 11.8 Å². The van der Waals surface area contributed by atoms with Crippen molar-refractivity contribution in [3.8, 4) is 0 Å². The Hall–Kier alpha value is -3.21. The van der Waals surface area contributed by atoms with Crippen LogP contribution in [0.1, 0.15) is 32.6 Å². The summed E-state index contributed by atoms with van der Waals surface area (Å²) in [5.74, 6) is -3.42. The molecule has 0 unspecified atom stereocenters. The fraction of sp³-hybridized carbons (Fsp3) is 0.517. The van der Waals surface area contributed by atoms with E-state index in [0.29, 0.717) is 30.0 Å². The lowest BCUT2D eigenvalue weighted by Crippen LogP contribution is -2.56. The Morgan fingerprint density at radius 3 is 2.67 bits per heavy atom. The molecule has 3 heterocycles. The van der Waals surface area contributed by atoms with Gasteiger partial charge in [-0.15, -0.1) is 13.2 Å². The number of amides is 3. The maximum Gasteiger partial charge on any atom is 0.312 e. The molecule has 0 radical (unpaired) electrons. The van der Waals surface area contributed by atoms with Gasteiger partial charge in [0.05, 0.1) is 31.1 Å². The van der Waals surface area contributed by atoms with Gasteiger partial charge in [-0.05, 0) is 50.5 Å². The van der Waals surface area contributed by atoms with Crippen molar-refractivity contribution in [1.29, 1.82) is 0 Å². The summed E-state index contributed by atoms with van der Waals surface area (Å²) in [5.41, 5.74) is -0.663. The summed E-state index contributed by atoms with van der Waals surface area (Å²) >= 11 is 6.05. The summed E-state index contributed by atoms with van der Waals surface area (Å²) in [7, 11) is 0. The van der Waals surface area contributed by atoms with E-state index < -0.39 is 53.5 Å². The third-order valence-electron chi connectivity index (χ3n) is 7.84. The Labute approximate surface area is 238 Å². The molecule has 0 saturated carbocycles. The second-order valence-corrected chi connectivity index (χ2v) is 10.8. The maximum absolute atomic E-state index is 14.2. The molecule has 2 N–H and O–H groups in total. The van der Waals surface area contributed by atoms with Gasteiger partial charge in [-0.2, -0.15) is 0 Å². The van der Waals surface area contributed by atoms with E-state index in [-0.39, 0.29) is 38.6 Å². The largest absolute Gasteiger partial charge is 0.460 e. The van der Waals surface area contributed by atoms with Crippen molar-refractivity contribution in [1.82, 2.24) is 10.2 Å². The first kappa shape index (κ1) is 29.8. The number of fused-ring (bicyclic) bond motifs is 1. The molecule has 1 spiro atoms. The first-order chi connectivity index (χ1) is 19.2. The summed E-state index contributed by atoms with van der Waals surface area (Å²) in [6.45, 7) is 8.88. The van der Waals surface area contributed by atoms with Crippen LogP contribution in [0.2, 0.25) is 5.02 Å². The first-order valence-electron chi connectivity index (χ1n) is 13.5. The molecular formula is C29H36ClN3O7. The van der Waals surface area contributed by atoms with Crippen LogP contribution < -0.4 is 10.2 Å². The fourth-order valence-electron chi connectivity index (χ4n) is 6.17. The molecule has 4 rings (SSSR count). The van der Waals surface area contributed by atoms with Crippen LogP contribution in [0.25, 0.3) is 0 Å². The van der Waals surface area contributed by atoms with E-state index in [9.17, 15) is 24.3 Å². The molecule has 2 bridgehead atoms. The predicted octanol–water partition coefficient (Wildman–Crippen LogP) is 2.24. The van der Waals surface area contributed by atoms with Crippen LogP contribution >= 0.6 is 11.6 Å². The number of likely N-dealkylation sites (tertiary alicyclic amines) is 1. The van der Waals surface area contributed by atoms with Gasteiger partial charge in [-0.25, -0.2) is 0 Å². The Morgan fingerprint density at radius 1 is 1.30 bits per heavy atom. The van der Waals surface area contributed by atoms with Crippen molar-refractivity contribution in [3.05, 3.63) is 54.6 Å². The molecular weight excluding hydrogens is 538 g/mol. The highest BCUT2D eigenvalue weighted by atomic mass is 35.5. The van der Waals surface area contributed by atoms with Crippen molar-refractivity contribution in [2.75, 3.05) is 31.1 Å². The molecule has 10 nitrogen and oxygen atoms in total. The Balaban J connectivity index is 1.57. The van der Waals surface area contributed by atoms with Gasteiger partial charge < -0.3 is 29.7 Å². The van der Waals surface area contributed by atoms with Crippen molar-refractivity contribution in [2.45, 2.75) is 56.5 Å². The molecule has 3 amide bonds. The summed E-state index contributed by atoms with van der Waals surface area (Å²) in [5, 5.41) is 13.0. The summed E-state index contributed by atoms with van der Waals surface area (Å²) in [6, 6.07) is 5.70. The summed E-state index contributed by atoms with van der Waals surface area (Å²) < 4.78 is 12.0. The van der Waals surface area contributed by atoms with Crippen LogP contribution in [-0.4, -0.2) is 83.8 Å². The van der Waals surface area contributed by atoms with E-state index in [0.717, 1.165) is 0 Å². The van der Waals surface area contributed by atoms with Crippen molar-refractivity contribution < 1.29 is 33.8 Å². The van der Waals surface area contributed by atoms with Crippen LogP contribution in [-0.2, 0) is 28.7 Å². The molecule has 1 aromatic rings. The molecule has 216 valence electrons. The van der Waals surface area contributed by atoms with Gasteiger partial charge in [0.25, 0.3) is 5.91 Å². The number of benzene rings is 1. The molecule has 1 aromatic carbocycles. The van der Waals surface area contributed by atoms with E-state index >= 15 is 0 Å². The highest BCUT2D eigenvalue weighted by Crippen LogP contribution is 2.58. The lowest BCUT2D eigenvalue weighted by atomic mass is 9.70. The van der Waals surface area contributed by atoms with Gasteiger partial charge >= 0.3 is 5.97 Å². The zero-order valence-corrected chi connectivity index (χ0v) is 23.3. The molecule has 11 heteroatoms. The lowest BCUT2D eigenvalue weighted by Gasteiger charge is -2.36. The van der Waals surface area contributed by atoms with Gasteiger partial charge in [-0.3, -0.25) is 19.2 Å². The smallest absolute Gasteiger partial charge is 0.312 e. The molecule has 3 aliphatic heterocycles. The van der Waals surface area contributed by atoms with E-state index in [1.807, 2.05) is 0 Å². The topological polar surface area (TPSA) is 125 Å². The standard InChI is InChI=1S/C29H36ClN3O7/c1-4-6-7-22(35)31-17-18(3)39-28(38)23-21-12-13-29(40-21)24(23)26(36)33(15-16-34)25(29)27(37)32(14-5-2)20-10-8-19(30)9-11-20/h4-5,8-11,18,21,23-25,34H,1-2,6-7,12-17H2,3H3,(H,31,35)/t18-,21+,23-,24-,25+,29-/m1/s1. The number of ether oxygens (including phenoxy) is 2. The summed E-state index contributed by atoms with van der Waals surface area (Å²) in [4.78, 5) is 56.2. The molecule has 6 atom stereocenters. The second-order valence-electron chi connectivity index (χ2n) is 10.4. The van der Waals surface area contributed by atoms with Crippen LogP contribution in [0, 0.1) is 11.8 Å². The Morgan fingerprint density at radius 2 is 2.02 bits per heavy atom. The highest BCUT2D eigenvalue weighted by molar-refractivity contribution is 6.30.